The fraction of sp³-hybridized carbons (Fsp3) is 0.125. The molecule has 0 unspecified atom stereocenters. The molecule has 0 fully saturated rings. The molecule has 10 heavy (non-hydrogen) atoms. The Kier molecular flexibility index (Phi) is 1.01. The predicted molar refractivity (Wildman–Crippen MR) is 34.6 cm³/mol. The van der Waals surface area contributed by atoms with E-state index in [-0.39, 0.29) is 5.97 Å². The van der Waals surface area contributed by atoms with Crippen LogP contribution in [0.1, 0.15) is 5.56 Å². The van der Waals surface area contributed by atoms with Crippen LogP contribution in [0.25, 0.3) is 0 Å². The summed E-state index contributed by atoms with van der Waals surface area (Å²) in [4.78, 5) is 10.7. The molecule has 2 heteroatoms. The number of fused-ring (bicyclic) bond motifs is 1. The van der Waals surface area contributed by atoms with Crippen LogP contribution in [0.5, 0.6) is 5.75 Å². The Bertz CT molecular complexity index is 251. The van der Waals surface area contributed by atoms with Crippen LogP contribution >= 0.6 is 0 Å². The van der Waals surface area contributed by atoms with Crippen LogP contribution in [0.3, 0.4) is 0 Å². The molecule has 1 aliphatic rings. The molecule has 0 atom stereocenters. The molecule has 2 rings (SSSR count). The van der Waals surface area contributed by atoms with Crippen LogP contribution in [-0.4, -0.2) is 5.97 Å². The molecular weight excluding hydrogens is 128 g/mol. The molecule has 1 heterocycles. The van der Waals surface area contributed by atoms with Crippen LogP contribution in [-0.2, 0) is 11.2 Å². The van der Waals surface area contributed by atoms with Crippen LogP contribution < -0.4 is 4.74 Å². The first-order chi connectivity index (χ1) is 4.86. The monoisotopic (exact) mass is 133 g/mol. The van der Waals surface area contributed by atoms with Crippen molar-refractivity contribution < 1.29 is 9.53 Å². The second-order valence-corrected chi connectivity index (χ2v) is 2.18. The molecule has 1 aromatic rings. The van der Waals surface area contributed by atoms with Crippen LogP contribution in [0.2, 0.25) is 0 Å². The lowest BCUT2D eigenvalue weighted by Gasteiger charge is -1.91. The summed E-state index contributed by atoms with van der Waals surface area (Å²) in [5.74, 6) is 0.488. The molecule has 0 aliphatic carbocycles. The third-order valence-corrected chi connectivity index (χ3v) is 1.47. The number of hydrogen-bond acceptors (Lipinski definition) is 2. The van der Waals surface area contributed by atoms with E-state index in [9.17, 15) is 4.79 Å². The first-order valence-electron chi connectivity index (χ1n) is 3.06. The second-order valence-electron chi connectivity index (χ2n) is 2.18. The largest absolute Gasteiger partial charge is 0.426 e. The minimum atomic E-state index is -0.172. The van der Waals surface area contributed by atoms with Gasteiger partial charge >= 0.3 is 5.97 Å². The Morgan fingerprint density at radius 2 is 2.50 bits per heavy atom. The maximum atomic E-state index is 10.7. The predicted octanol–water partition coefficient (Wildman–Crippen LogP) is 0.948. The van der Waals surface area contributed by atoms with Gasteiger partial charge in [-0.05, 0) is 12.1 Å². The van der Waals surface area contributed by atoms with Gasteiger partial charge in [0.25, 0.3) is 0 Å². The van der Waals surface area contributed by atoms with Gasteiger partial charge in [-0.1, -0.05) is 12.1 Å². The highest BCUT2D eigenvalue weighted by molar-refractivity contribution is 5.80. The number of benzene rings is 1. The SMILES string of the molecule is O=C1Cc2cc[c]cc2O1. The molecule has 0 bridgehead atoms. The fourth-order valence-electron chi connectivity index (χ4n) is 1.00. The Labute approximate surface area is 58.4 Å². The minimum absolute atomic E-state index is 0.172. The van der Waals surface area contributed by atoms with E-state index in [1.54, 1.807) is 12.1 Å². The van der Waals surface area contributed by atoms with E-state index in [4.69, 9.17) is 4.74 Å². The highest BCUT2D eigenvalue weighted by Gasteiger charge is 2.18. The van der Waals surface area contributed by atoms with E-state index < -0.39 is 0 Å². The van der Waals surface area contributed by atoms with Crippen LogP contribution in [0, 0.1) is 6.07 Å². The van der Waals surface area contributed by atoms with Crippen LogP contribution in [0.4, 0.5) is 0 Å². The lowest BCUT2D eigenvalue weighted by Crippen LogP contribution is -1.99. The van der Waals surface area contributed by atoms with Crippen LogP contribution in [0.15, 0.2) is 18.2 Å². The molecule has 0 spiro atoms. The smallest absolute Gasteiger partial charge is 0.315 e. The van der Waals surface area contributed by atoms with Gasteiger partial charge in [-0.2, -0.15) is 0 Å². The first kappa shape index (κ1) is 5.47. The molecule has 2 nitrogen and oxygen atoms in total. The van der Waals surface area contributed by atoms with Gasteiger partial charge in [0.05, 0.1) is 6.42 Å². The van der Waals surface area contributed by atoms with E-state index in [0.717, 1.165) is 5.56 Å². The summed E-state index contributed by atoms with van der Waals surface area (Å²) in [5, 5.41) is 0. The molecule has 1 aliphatic heterocycles. The molecule has 0 aromatic heterocycles. The molecule has 49 valence electrons. The number of hydrogen-bond donors (Lipinski definition) is 0. The third-order valence-electron chi connectivity index (χ3n) is 1.47. The summed E-state index contributed by atoms with van der Waals surface area (Å²) >= 11 is 0. The van der Waals surface area contributed by atoms with Gasteiger partial charge in [0.1, 0.15) is 5.75 Å². The van der Waals surface area contributed by atoms with Gasteiger partial charge in [0.2, 0.25) is 0 Å². The van der Waals surface area contributed by atoms with Crippen molar-refractivity contribution >= 4 is 5.97 Å². The zero-order valence-corrected chi connectivity index (χ0v) is 5.26. The zero-order chi connectivity index (χ0) is 6.97. The van der Waals surface area contributed by atoms with Crippen molar-refractivity contribution in [2.75, 3.05) is 0 Å². The highest BCUT2D eigenvalue weighted by Crippen LogP contribution is 2.23. The number of rotatable bonds is 0. The van der Waals surface area contributed by atoms with Gasteiger partial charge in [0.15, 0.2) is 0 Å². The Hall–Kier alpha value is -1.31. The van der Waals surface area contributed by atoms with Crippen molar-refractivity contribution in [3.8, 4) is 5.75 Å². The van der Waals surface area contributed by atoms with E-state index in [1.165, 1.54) is 0 Å². The Morgan fingerprint density at radius 1 is 1.60 bits per heavy atom. The van der Waals surface area contributed by atoms with Crippen molar-refractivity contribution in [1.82, 2.24) is 0 Å². The summed E-state index contributed by atoms with van der Waals surface area (Å²) in [6.45, 7) is 0. The summed E-state index contributed by atoms with van der Waals surface area (Å²) in [6.07, 6.45) is 0.407. The van der Waals surface area contributed by atoms with Crippen molar-refractivity contribution in [3.05, 3.63) is 29.8 Å². The van der Waals surface area contributed by atoms with Gasteiger partial charge in [-0.25, -0.2) is 0 Å². The molecule has 0 N–H and O–H groups in total. The maximum absolute atomic E-state index is 10.7. The number of carbonyl (C=O) groups excluding carboxylic acids is 1. The highest BCUT2D eigenvalue weighted by atomic mass is 16.5. The quantitative estimate of drug-likeness (QED) is 0.389. The standard InChI is InChI=1S/C8H5O2/c9-8-5-6-3-1-2-4-7(6)10-8/h1,3-4H,5H2. The molecule has 0 amide bonds. The van der Waals surface area contributed by atoms with Crippen molar-refractivity contribution in [1.29, 1.82) is 0 Å². The van der Waals surface area contributed by atoms with E-state index >= 15 is 0 Å². The third kappa shape index (κ3) is 0.692. The molecule has 0 saturated heterocycles. The Balaban J connectivity index is 2.51. The lowest BCUT2D eigenvalue weighted by molar-refractivity contribution is -0.131. The topological polar surface area (TPSA) is 26.3 Å². The maximum Gasteiger partial charge on any atom is 0.315 e. The zero-order valence-electron chi connectivity index (χ0n) is 5.26. The minimum Gasteiger partial charge on any atom is -0.426 e. The molecular formula is C8H5O2. The number of ether oxygens (including phenoxy) is 1. The van der Waals surface area contributed by atoms with E-state index in [1.807, 2.05) is 6.07 Å². The summed E-state index contributed by atoms with van der Waals surface area (Å²) < 4.78 is 4.84. The van der Waals surface area contributed by atoms with Gasteiger partial charge in [-0.15, -0.1) is 0 Å². The summed E-state index contributed by atoms with van der Waals surface area (Å²) in [6, 6.07) is 8.14. The van der Waals surface area contributed by atoms with Gasteiger partial charge in [-0.3, -0.25) is 4.79 Å². The van der Waals surface area contributed by atoms with E-state index in [2.05, 4.69) is 6.07 Å². The van der Waals surface area contributed by atoms with E-state index in [0.29, 0.717) is 12.2 Å². The normalized spacial score (nSPS) is 14.6. The average Bonchev–Trinajstić information content (AvgIpc) is 2.27. The summed E-state index contributed by atoms with van der Waals surface area (Å²) in [7, 11) is 0. The van der Waals surface area contributed by atoms with Crippen molar-refractivity contribution in [3.63, 3.8) is 0 Å². The van der Waals surface area contributed by atoms with Gasteiger partial charge in [0, 0.05) is 5.56 Å². The molecule has 0 saturated carbocycles. The average molecular weight is 133 g/mol. The molecule has 1 aromatic carbocycles. The van der Waals surface area contributed by atoms with Crippen molar-refractivity contribution in [2.24, 2.45) is 0 Å². The lowest BCUT2D eigenvalue weighted by atomic mass is 10.2. The Morgan fingerprint density at radius 3 is 3.30 bits per heavy atom. The van der Waals surface area contributed by atoms with Gasteiger partial charge < -0.3 is 4.74 Å². The fourth-order valence-corrected chi connectivity index (χ4v) is 1.00. The number of esters is 1. The summed E-state index contributed by atoms with van der Waals surface area (Å²) in [5.41, 5.74) is 0.962. The first-order valence-corrected chi connectivity index (χ1v) is 3.06. The molecule has 1 radical (unpaired) electrons. The number of carbonyl (C=O) groups is 1. The van der Waals surface area contributed by atoms with Crippen molar-refractivity contribution in [2.45, 2.75) is 6.42 Å². The second kappa shape index (κ2) is 1.84.